The number of methoxy groups -OCH3 is 1. The Bertz CT molecular complexity index is 835. The first kappa shape index (κ1) is 17.1. The van der Waals surface area contributed by atoms with Crippen LogP contribution in [-0.2, 0) is 0 Å². The molecule has 1 aromatic heterocycles. The first-order chi connectivity index (χ1) is 10.7. The minimum Gasteiger partial charge on any atom is -0.481 e. The second-order valence-corrected chi connectivity index (χ2v) is 4.94. The van der Waals surface area contributed by atoms with E-state index in [1.807, 2.05) is 18.2 Å². The molecule has 0 fully saturated rings. The Labute approximate surface area is 144 Å². The summed E-state index contributed by atoms with van der Waals surface area (Å²) < 4.78 is 10.8. The summed E-state index contributed by atoms with van der Waals surface area (Å²) in [5.41, 5.74) is 0.483. The summed E-state index contributed by atoms with van der Waals surface area (Å²) in [5.74, 6) is 1.78. The average Bonchev–Trinajstić information content (AvgIpc) is 2.54. The zero-order chi connectivity index (χ0) is 15.5. The largest absolute Gasteiger partial charge is 0.481 e. The van der Waals surface area contributed by atoms with Crippen LogP contribution >= 0.6 is 24.0 Å². The van der Waals surface area contributed by atoms with Gasteiger partial charge in [-0.15, -0.1) is 12.4 Å². The van der Waals surface area contributed by atoms with Crippen molar-refractivity contribution in [2.24, 2.45) is 0 Å². The first-order valence-corrected chi connectivity index (χ1v) is 6.95. The van der Waals surface area contributed by atoms with Gasteiger partial charge in [-0.3, -0.25) is 4.79 Å². The second kappa shape index (κ2) is 7.31. The molecule has 4 nitrogen and oxygen atoms in total. The highest BCUT2D eigenvalue weighted by atomic mass is 35.5. The Morgan fingerprint density at radius 2 is 1.87 bits per heavy atom. The van der Waals surface area contributed by atoms with Crippen LogP contribution in [0.5, 0.6) is 17.4 Å². The lowest BCUT2D eigenvalue weighted by molar-refractivity contribution is 0.108. The van der Waals surface area contributed by atoms with Crippen LogP contribution in [-0.4, -0.2) is 17.3 Å². The second-order valence-electron chi connectivity index (χ2n) is 4.60. The first-order valence-electron chi connectivity index (χ1n) is 6.58. The van der Waals surface area contributed by atoms with E-state index in [9.17, 15) is 4.79 Å². The Balaban J connectivity index is 0.00000192. The Morgan fingerprint density at radius 3 is 2.52 bits per heavy atom. The molecule has 6 heteroatoms. The van der Waals surface area contributed by atoms with Crippen molar-refractivity contribution in [3.05, 3.63) is 60.3 Å². The Kier molecular flexibility index (Phi) is 5.42. The number of fused-ring (bicyclic) bond motifs is 1. The van der Waals surface area contributed by atoms with Gasteiger partial charge in [0, 0.05) is 11.6 Å². The molecule has 0 amide bonds. The molecule has 0 bridgehead atoms. The minimum atomic E-state index is -0.473. The van der Waals surface area contributed by atoms with E-state index in [2.05, 4.69) is 4.98 Å². The lowest BCUT2D eigenvalue weighted by atomic mass is 10.1. The number of carbonyl (C=O) groups excluding carboxylic acids is 1. The third-order valence-corrected chi connectivity index (χ3v) is 3.42. The van der Waals surface area contributed by atoms with E-state index in [4.69, 9.17) is 21.1 Å². The van der Waals surface area contributed by atoms with Gasteiger partial charge in [-0.05, 0) is 52.7 Å². The predicted octanol–water partition coefficient (Wildman–Crippen LogP) is 4.84. The van der Waals surface area contributed by atoms with Crippen molar-refractivity contribution in [2.75, 3.05) is 7.11 Å². The van der Waals surface area contributed by atoms with Crippen LogP contribution in [0.1, 0.15) is 10.4 Å². The zero-order valence-corrected chi connectivity index (χ0v) is 13.7. The summed E-state index contributed by atoms with van der Waals surface area (Å²) in [6.07, 6.45) is 1.59. The number of benzene rings is 2. The number of rotatable bonds is 4. The van der Waals surface area contributed by atoms with Gasteiger partial charge in [0.15, 0.2) is 0 Å². The Hall–Kier alpha value is -2.30. The molecule has 0 saturated heterocycles. The fourth-order valence-electron chi connectivity index (χ4n) is 2.18. The number of pyridine rings is 1. The molecule has 0 radical (unpaired) electrons. The smallest absolute Gasteiger partial charge is 0.253 e. The molecule has 118 valence electrons. The molecule has 0 aliphatic heterocycles. The number of carbonyl (C=O) groups is 1. The molecule has 23 heavy (non-hydrogen) atoms. The molecule has 3 aromatic rings. The maximum absolute atomic E-state index is 11.4. The number of hydrogen-bond acceptors (Lipinski definition) is 4. The SMILES string of the molecule is COc1ccc(Oc2ccc3c(C(=O)Cl)cccc3c2)cn1.Cl. The van der Waals surface area contributed by atoms with Crippen molar-refractivity contribution in [3.8, 4) is 17.4 Å². The third-order valence-electron chi connectivity index (χ3n) is 3.22. The van der Waals surface area contributed by atoms with Crippen LogP contribution in [0.2, 0.25) is 0 Å². The third kappa shape index (κ3) is 3.73. The highest BCUT2D eigenvalue weighted by Gasteiger charge is 2.08. The summed E-state index contributed by atoms with van der Waals surface area (Å²) in [4.78, 5) is 15.5. The van der Waals surface area contributed by atoms with Crippen LogP contribution in [0.4, 0.5) is 0 Å². The van der Waals surface area contributed by atoms with Crippen LogP contribution in [0, 0.1) is 0 Å². The number of halogens is 2. The highest BCUT2D eigenvalue weighted by molar-refractivity contribution is 6.68. The molecule has 0 spiro atoms. The molecule has 2 aromatic carbocycles. The fourth-order valence-corrected chi connectivity index (χ4v) is 2.35. The van der Waals surface area contributed by atoms with Gasteiger partial charge in [-0.25, -0.2) is 4.98 Å². The summed E-state index contributed by atoms with van der Waals surface area (Å²) in [6.45, 7) is 0. The van der Waals surface area contributed by atoms with E-state index in [0.29, 0.717) is 22.9 Å². The molecular formula is C17H13Cl2NO3. The summed E-state index contributed by atoms with van der Waals surface area (Å²) in [6, 6.07) is 14.3. The number of nitrogens with zero attached hydrogens (tertiary/aromatic N) is 1. The molecule has 1 heterocycles. The van der Waals surface area contributed by atoms with Crippen molar-refractivity contribution < 1.29 is 14.3 Å². The van der Waals surface area contributed by atoms with Crippen LogP contribution in [0.25, 0.3) is 10.8 Å². The van der Waals surface area contributed by atoms with E-state index < -0.39 is 5.24 Å². The molecule has 0 unspecified atom stereocenters. The number of ether oxygens (including phenoxy) is 2. The summed E-state index contributed by atoms with van der Waals surface area (Å²) in [5, 5.41) is 1.20. The van der Waals surface area contributed by atoms with E-state index in [0.717, 1.165) is 10.8 Å². The van der Waals surface area contributed by atoms with Crippen molar-refractivity contribution >= 4 is 40.0 Å². The molecule has 0 N–H and O–H groups in total. The minimum absolute atomic E-state index is 0. The fraction of sp³-hybridized carbons (Fsp3) is 0.0588. The number of aromatic nitrogens is 1. The normalized spacial score (nSPS) is 10.0. The van der Waals surface area contributed by atoms with Gasteiger partial charge >= 0.3 is 0 Å². The predicted molar refractivity (Wildman–Crippen MR) is 92.2 cm³/mol. The van der Waals surface area contributed by atoms with E-state index in [-0.39, 0.29) is 12.4 Å². The van der Waals surface area contributed by atoms with Gasteiger partial charge in [0.2, 0.25) is 5.88 Å². The summed E-state index contributed by atoms with van der Waals surface area (Å²) >= 11 is 5.59. The molecule has 0 aliphatic carbocycles. The van der Waals surface area contributed by atoms with Gasteiger partial charge in [-0.1, -0.05) is 12.1 Å². The molecule has 0 saturated carbocycles. The van der Waals surface area contributed by atoms with Crippen molar-refractivity contribution in [2.45, 2.75) is 0 Å². The summed E-state index contributed by atoms with van der Waals surface area (Å²) in [7, 11) is 1.56. The van der Waals surface area contributed by atoms with Crippen molar-refractivity contribution in [3.63, 3.8) is 0 Å². The molecule has 3 rings (SSSR count). The molecular weight excluding hydrogens is 337 g/mol. The van der Waals surface area contributed by atoms with Gasteiger partial charge in [0.05, 0.1) is 13.3 Å². The maximum atomic E-state index is 11.4. The van der Waals surface area contributed by atoms with Gasteiger partial charge in [-0.2, -0.15) is 0 Å². The van der Waals surface area contributed by atoms with Gasteiger partial charge in [0.25, 0.3) is 5.24 Å². The van der Waals surface area contributed by atoms with Crippen LogP contribution in [0.3, 0.4) is 0 Å². The van der Waals surface area contributed by atoms with Gasteiger partial charge < -0.3 is 9.47 Å². The van der Waals surface area contributed by atoms with Crippen molar-refractivity contribution in [1.82, 2.24) is 4.98 Å². The standard InChI is InChI=1S/C17H12ClNO3.ClH/c1-21-16-8-6-13(10-19-16)22-12-5-7-14-11(9-12)3-2-4-15(14)17(18)20;/h2-10H,1H3;1H. The topological polar surface area (TPSA) is 48.4 Å². The zero-order valence-electron chi connectivity index (χ0n) is 12.2. The van der Waals surface area contributed by atoms with Crippen LogP contribution in [0.15, 0.2) is 54.7 Å². The van der Waals surface area contributed by atoms with Crippen LogP contribution < -0.4 is 9.47 Å². The quantitative estimate of drug-likeness (QED) is 0.632. The lowest BCUT2D eigenvalue weighted by Crippen LogP contribution is -1.92. The highest BCUT2D eigenvalue weighted by Crippen LogP contribution is 2.28. The average molecular weight is 350 g/mol. The van der Waals surface area contributed by atoms with E-state index in [1.54, 1.807) is 43.6 Å². The lowest BCUT2D eigenvalue weighted by Gasteiger charge is -2.08. The van der Waals surface area contributed by atoms with Crippen molar-refractivity contribution in [1.29, 1.82) is 0 Å². The Morgan fingerprint density at radius 1 is 1.09 bits per heavy atom. The maximum Gasteiger partial charge on any atom is 0.253 e. The monoisotopic (exact) mass is 349 g/mol. The number of hydrogen-bond donors (Lipinski definition) is 0. The molecule has 0 aliphatic rings. The molecule has 0 atom stereocenters. The van der Waals surface area contributed by atoms with E-state index in [1.165, 1.54) is 0 Å². The van der Waals surface area contributed by atoms with Gasteiger partial charge in [0.1, 0.15) is 11.5 Å². The van der Waals surface area contributed by atoms with E-state index >= 15 is 0 Å².